The first-order valence-corrected chi connectivity index (χ1v) is 15.2. The Morgan fingerprint density at radius 2 is 1.90 bits per heavy atom. The van der Waals surface area contributed by atoms with Gasteiger partial charge in [-0.25, -0.2) is 0 Å². The Morgan fingerprint density at radius 3 is 2.58 bits per heavy atom. The summed E-state index contributed by atoms with van der Waals surface area (Å²) in [5, 5.41) is 10.5. The molecule has 2 atom stereocenters. The number of rotatable bonds is 9. The maximum atomic E-state index is 12.9. The molecule has 3 nitrogen and oxygen atoms in total. The minimum absolute atomic E-state index is 0.191. The van der Waals surface area contributed by atoms with Crippen LogP contribution in [0.2, 0.25) is 18.1 Å². The molecule has 0 aliphatic heterocycles. The first-order chi connectivity index (χ1) is 14.5. The Hall–Kier alpha value is -1.39. The predicted octanol–water partition coefficient (Wildman–Crippen LogP) is 7.13. The molecule has 2 aliphatic carbocycles. The Labute approximate surface area is 190 Å². The van der Waals surface area contributed by atoms with Crippen LogP contribution in [0.3, 0.4) is 0 Å². The van der Waals surface area contributed by atoms with Gasteiger partial charge in [-0.15, -0.1) is 0 Å². The highest BCUT2D eigenvalue weighted by Gasteiger charge is 2.40. The fourth-order valence-electron chi connectivity index (χ4n) is 4.90. The van der Waals surface area contributed by atoms with Gasteiger partial charge in [-0.2, -0.15) is 0 Å². The summed E-state index contributed by atoms with van der Waals surface area (Å²) < 4.78 is 6.82. The number of allylic oxidation sites excluding steroid dienone is 2. The molecule has 0 saturated carbocycles. The van der Waals surface area contributed by atoms with E-state index in [0.717, 1.165) is 43.2 Å². The molecule has 0 aromatic heterocycles. The molecule has 2 aliphatic rings. The number of hydrogen-bond acceptors (Lipinski definition) is 3. The third-order valence-electron chi connectivity index (χ3n) is 7.84. The van der Waals surface area contributed by atoms with Crippen molar-refractivity contribution in [2.45, 2.75) is 110 Å². The second-order valence-electron chi connectivity index (χ2n) is 11.2. The molecule has 1 aromatic carbocycles. The number of phenolic OH excluding ortho intramolecular Hbond substituents is 1. The van der Waals surface area contributed by atoms with E-state index in [1.165, 1.54) is 30.4 Å². The number of carbonyl (C=O) groups is 1. The van der Waals surface area contributed by atoms with E-state index < -0.39 is 8.32 Å². The fourth-order valence-corrected chi connectivity index (χ4v) is 6.32. The van der Waals surface area contributed by atoms with Crippen molar-refractivity contribution < 1.29 is 14.3 Å². The topological polar surface area (TPSA) is 46.5 Å². The van der Waals surface area contributed by atoms with E-state index in [4.69, 9.17) is 4.43 Å². The normalized spacial score (nSPS) is 20.1. The van der Waals surface area contributed by atoms with Crippen LogP contribution in [0.15, 0.2) is 29.3 Å². The number of carbonyl (C=O) groups excluding carboxylic acids is 1. The number of hydrogen-bond donors (Lipinski definition) is 1. The second-order valence-corrected chi connectivity index (χ2v) is 15.9. The fraction of sp³-hybridized carbons (Fsp3) is 0.667. The zero-order valence-electron chi connectivity index (χ0n) is 20.5. The van der Waals surface area contributed by atoms with E-state index in [0.29, 0.717) is 23.9 Å². The molecule has 0 fully saturated rings. The maximum absolute atomic E-state index is 12.9. The third-order valence-corrected chi connectivity index (χ3v) is 12.4. The van der Waals surface area contributed by atoms with Crippen molar-refractivity contribution >= 4 is 14.1 Å². The number of fused-ring (bicyclic) bond motifs is 2. The monoisotopic (exact) mass is 442 g/mol. The number of ketones is 1. The number of phenols is 1. The smallest absolute Gasteiger partial charge is 0.192 e. The molecule has 1 unspecified atom stereocenters. The van der Waals surface area contributed by atoms with Crippen molar-refractivity contribution in [3.63, 3.8) is 0 Å². The van der Waals surface area contributed by atoms with Gasteiger partial charge in [0.25, 0.3) is 0 Å². The van der Waals surface area contributed by atoms with Crippen molar-refractivity contribution in [3.8, 4) is 5.75 Å². The summed E-state index contributed by atoms with van der Waals surface area (Å²) in [6.07, 6.45) is 8.98. The SMILES string of the molecule is CCCCC[C@@H](CCC1=C2Cc3c(O)cccc3CC2CC1=O)O[Si](C)(C)C(C)(C)C. The molecule has 0 saturated heterocycles. The minimum atomic E-state index is -1.85. The molecule has 1 aromatic rings. The Bertz CT molecular complexity index is 831. The van der Waals surface area contributed by atoms with Crippen LogP contribution in [-0.4, -0.2) is 25.3 Å². The van der Waals surface area contributed by atoms with Crippen LogP contribution >= 0.6 is 0 Å². The van der Waals surface area contributed by atoms with Crippen LogP contribution in [-0.2, 0) is 22.1 Å². The third kappa shape index (κ3) is 5.51. The lowest BCUT2D eigenvalue weighted by atomic mass is 9.80. The number of benzene rings is 1. The Balaban J connectivity index is 1.76. The van der Waals surface area contributed by atoms with Crippen LogP contribution in [0.5, 0.6) is 5.75 Å². The van der Waals surface area contributed by atoms with E-state index in [1.807, 2.05) is 6.07 Å². The van der Waals surface area contributed by atoms with Crippen LogP contribution in [0.25, 0.3) is 0 Å². The van der Waals surface area contributed by atoms with E-state index in [1.54, 1.807) is 6.07 Å². The summed E-state index contributed by atoms with van der Waals surface area (Å²) in [5.41, 5.74) is 4.57. The van der Waals surface area contributed by atoms with Crippen molar-refractivity contribution in [1.29, 1.82) is 0 Å². The van der Waals surface area contributed by atoms with Crippen molar-refractivity contribution in [3.05, 3.63) is 40.5 Å². The van der Waals surface area contributed by atoms with Gasteiger partial charge in [-0.1, -0.05) is 64.7 Å². The quantitative estimate of drug-likeness (QED) is 0.327. The molecule has 0 heterocycles. The van der Waals surface area contributed by atoms with Gasteiger partial charge in [0.1, 0.15) is 5.75 Å². The Morgan fingerprint density at radius 1 is 1.16 bits per heavy atom. The first-order valence-electron chi connectivity index (χ1n) is 12.3. The molecule has 0 amide bonds. The van der Waals surface area contributed by atoms with Crippen molar-refractivity contribution in [1.82, 2.24) is 0 Å². The molecule has 31 heavy (non-hydrogen) atoms. The summed E-state index contributed by atoms with van der Waals surface area (Å²) in [7, 11) is -1.85. The summed E-state index contributed by atoms with van der Waals surface area (Å²) >= 11 is 0. The van der Waals surface area contributed by atoms with Gasteiger partial charge in [0, 0.05) is 18.1 Å². The first kappa shape index (κ1) is 24.3. The van der Waals surface area contributed by atoms with Crippen molar-refractivity contribution in [2.24, 2.45) is 5.92 Å². The van der Waals surface area contributed by atoms with E-state index >= 15 is 0 Å². The highest BCUT2D eigenvalue weighted by Crippen LogP contribution is 2.44. The number of unbranched alkanes of at least 4 members (excludes halogenated alkanes) is 2. The van der Waals surface area contributed by atoms with Crippen LogP contribution in [0.1, 0.15) is 83.8 Å². The highest BCUT2D eigenvalue weighted by molar-refractivity contribution is 6.74. The van der Waals surface area contributed by atoms with Gasteiger partial charge in [0.2, 0.25) is 0 Å². The number of aromatic hydroxyl groups is 1. The van der Waals surface area contributed by atoms with E-state index in [-0.39, 0.29) is 11.1 Å². The van der Waals surface area contributed by atoms with Crippen LogP contribution in [0, 0.1) is 5.92 Å². The zero-order valence-corrected chi connectivity index (χ0v) is 21.5. The van der Waals surface area contributed by atoms with Gasteiger partial charge >= 0.3 is 0 Å². The molecular formula is C27H42O3Si. The summed E-state index contributed by atoms with van der Waals surface area (Å²) in [6.45, 7) is 13.8. The largest absolute Gasteiger partial charge is 0.508 e. The summed E-state index contributed by atoms with van der Waals surface area (Å²) in [5.74, 6) is 1.03. The minimum Gasteiger partial charge on any atom is -0.508 e. The molecular weight excluding hydrogens is 400 g/mol. The standard InChI is InChI=1S/C27H42O3Si/c1-7-8-9-12-21(30-31(5,6)27(2,3)4)14-15-22-23-18-24-19(11-10-13-25(24)28)16-20(23)17-26(22)29/h10-11,13,20-21,28H,7-9,12,14-18H2,1-6H3/t20?,21-/m0/s1. The number of Topliss-reactive ketones (excluding diaryl/α,β-unsaturated/α-hetero) is 1. The molecule has 0 radical (unpaired) electrons. The second kappa shape index (κ2) is 9.62. The van der Waals surface area contributed by atoms with Gasteiger partial charge in [0.15, 0.2) is 14.1 Å². The average molecular weight is 443 g/mol. The van der Waals surface area contributed by atoms with Crippen LogP contribution < -0.4 is 0 Å². The molecule has 0 spiro atoms. The van der Waals surface area contributed by atoms with Crippen molar-refractivity contribution in [2.75, 3.05) is 0 Å². The molecule has 1 N–H and O–H groups in total. The highest BCUT2D eigenvalue weighted by atomic mass is 28.4. The molecule has 0 bridgehead atoms. The molecule has 3 rings (SSSR count). The van der Waals surface area contributed by atoms with Gasteiger partial charge < -0.3 is 9.53 Å². The van der Waals surface area contributed by atoms with E-state index in [9.17, 15) is 9.90 Å². The predicted molar refractivity (Wildman–Crippen MR) is 131 cm³/mol. The van der Waals surface area contributed by atoms with Gasteiger partial charge in [-0.05, 0) is 73.4 Å². The maximum Gasteiger partial charge on any atom is 0.192 e. The Kier molecular flexibility index (Phi) is 7.53. The summed E-state index contributed by atoms with van der Waals surface area (Å²) in [4.78, 5) is 12.9. The molecule has 4 heteroatoms. The average Bonchev–Trinajstić information content (AvgIpc) is 2.98. The molecule has 172 valence electrons. The lowest BCUT2D eigenvalue weighted by molar-refractivity contribution is -0.115. The van der Waals surface area contributed by atoms with Gasteiger partial charge in [0.05, 0.1) is 0 Å². The van der Waals surface area contributed by atoms with Crippen LogP contribution in [0.4, 0.5) is 0 Å². The van der Waals surface area contributed by atoms with E-state index in [2.05, 4.69) is 46.9 Å². The zero-order chi connectivity index (χ0) is 22.8. The summed E-state index contributed by atoms with van der Waals surface area (Å²) in [6, 6.07) is 5.79. The lowest BCUT2D eigenvalue weighted by Gasteiger charge is -2.39. The lowest BCUT2D eigenvalue weighted by Crippen LogP contribution is -2.44. The van der Waals surface area contributed by atoms with Gasteiger partial charge in [-0.3, -0.25) is 4.79 Å².